The minimum absolute atomic E-state index is 0.804. The van der Waals surface area contributed by atoms with Crippen molar-refractivity contribution < 1.29 is 9.05 Å². The number of fused-ring (bicyclic) bond motifs is 1. The van der Waals surface area contributed by atoms with Gasteiger partial charge in [-0.15, -0.1) is 0 Å². The van der Waals surface area contributed by atoms with Crippen molar-refractivity contribution >= 4 is 24.5 Å². The van der Waals surface area contributed by atoms with Crippen LogP contribution in [0.4, 0.5) is 0 Å². The van der Waals surface area contributed by atoms with Crippen LogP contribution in [0.5, 0.6) is 11.5 Å². The maximum absolute atomic E-state index is 6.26. The van der Waals surface area contributed by atoms with E-state index >= 15 is 0 Å². The molecule has 0 spiro atoms. The lowest BCUT2D eigenvalue weighted by Crippen LogP contribution is -2.09. The van der Waals surface area contributed by atoms with Gasteiger partial charge in [0, 0.05) is 0 Å². The maximum atomic E-state index is 6.26. The van der Waals surface area contributed by atoms with Crippen molar-refractivity contribution in [2.75, 3.05) is 0 Å². The van der Waals surface area contributed by atoms with Gasteiger partial charge in [0.15, 0.2) is 0 Å². The van der Waals surface area contributed by atoms with Gasteiger partial charge >= 0.3 is 8.38 Å². The molecule has 0 amide bonds. The van der Waals surface area contributed by atoms with Gasteiger partial charge < -0.3 is 9.05 Å². The second-order valence-corrected chi connectivity index (χ2v) is 6.99. The highest BCUT2D eigenvalue weighted by Gasteiger charge is 2.18. The van der Waals surface area contributed by atoms with Gasteiger partial charge in [-0.1, -0.05) is 66.7 Å². The van der Waals surface area contributed by atoms with Gasteiger partial charge in [0.1, 0.15) is 11.5 Å². The van der Waals surface area contributed by atoms with Gasteiger partial charge in [0.2, 0.25) is 0 Å². The summed E-state index contributed by atoms with van der Waals surface area (Å²) >= 11 is 0. The lowest BCUT2D eigenvalue weighted by Gasteiger charge is -2.19. The van der Waals surface area contributed by atoms with E-state index in [1.165, 1.54) is 5.39 Å². The van der Waals surface area contributed by atoms with E-state index in [4.69, 9.17) is 9.05 Å². The third-order valence-electron chi connectivity index (χ3n) is 3.81. The standard InChI is InChI=1S/C22H17O2P/c1-3-11-20(12-4-1)23-25(22-13-5-2-6-14-22)24-21-16-15-18-9-7-8-10-19(18)17-21/h1-17H. The fraction of sp³-hybridized carbons (Fsp3) is 0. The van der Waals surface area contributed by atoms with Crippen molar-refractivity contribution in [1.29, 1.82) is 0 Å². The summed E-state index contributed by atoms with van der Waals surface area (Å²) in [6, 6.07) is 34.3. The Labute approximate surface area is 148 Å². The molecule has 1 unspecified atom stereocenters. The summed E-state index contributed by atoms with van der Waals surface area (Å²) in [7, 11) is -1.26. The molecule has 0 aliphatic rings. The summed E-state index contributed by atoms with van der Waals surface area (Å²) in [4.78, 5) is 0. The minimum atomic E-state index is -1.26. The van der Waals surface area contributed by atoms with E-state index in [2.05, 4.69) is 24.3 Å². The molecule has 3 heteroatoms. The van der Waals surface area contributed by atoms with Crippen LogP contribution in [0.2, 0.25) is 0 Å². The maximum Gasteiger partial charge on any atom is 0.326 e. The molecule has 0 saturated heterocycles. The Hall–Kier alpha value is -2.83. The third-order valence-corrected chi connectivity index (χ3v) is 5.28. The molecule has 2 nitrogen and oxygen atoms in total. The van der Waals surface area contributed by atoms with Crippen molar-refractivity contribution in [3.05, 3.63) is 103 Å². The van der Waals surface area contributed by atoms with Crippen LogP contribution in [0.25, 0.3) is 10.8 Å². The van der Waals surface area contributed by atoms with E-state index < -0.39 is 8.38 Å². The van der Waals surface area contributed by atoms with Gasteiger partial charge in [0.05, 0.1) is 5.30 Å². The zero-order valence-electron chi connectivity index (χ0n) is 13.6. The topological polar surface area (TPSA) is 18.5 Å². The van der Waals surface area contributed by atoms with E-state index in [9.17, 15) is 0 Å². The van der Waals surface area contributed by atoms with Crippen LogP contribution in [0.3, 0.4) is 0 Å². The minimum Gasteiger partial charge on any atom is -0.435 e. The van der Waals surface area contributed by atoms with Crippen LogP contribution >= 0.6 is 8.38 Å². The highest BCUT2D eigenvalue weighted by atomic mass is 31.2. The zero-order chi connectivity index (χ0) is 16.9. The number of para-hydroxylation sites is 1. The molecule has 0 bridgehead atoms. The van der Waals surface area contributed by atoms with Gasteiger partial charge in [-0.3, -0.25) is 0 Å². The Morgan fingerprint density at radius 1 is 0.480 bits per heavy atom. The predicted octanol–water partition coefficient (Wildman–Crippen LogP) is 5.94. The highest BCUT2D eigenvalue weighted by molar-refractivity contribution is 7.56. The summed E-state index contributed by atoms with van der Waals surface area (Å²) < 4.78 is 12.4. The van der Waals surface area contributed by atoms with E-state index in [1.54, 1.807) is 0 Å². The smallest absolute Gasteiger partial charge is 0.326 e. The molecule has 0 aliphatic carbocycles. The molecule has 0 radical (unpaired) electrons. The van der Waals surface area contributed by atoms with Crippen LogP contribution in [-0.4, -0.2) is 0 Å². The van der Waals surface area contributed by atoms with Gasteiger partial charge in [-0.25, -0.2) is 0 Å². The van der Waals surface area contributed by atoms with Gasteiger partial charge in [-0.2, -0.15) is 0 Å². The van der Waals surface area contributed by atoms with Crippen molar-refractivity contribution in [2.45, 2.75) is 0 Å². The van der Waals surface area contributed by atoms with Crippen molar-refractivity contribution in [1.82, 2.24) is 0 Å². The Morgan fingerprint density at radius 3 is 1.84 bits per heavy atom. The quantitative estimate of drug-likeness (QED) is 0.417. The number of hydrogen-bond acceptors (Lipinski definition) is 2. The van der Waals surface area contributed by atoms with Crippen LogP contribution in [0.1, 0.15) is 0 Å². The Bertz CT molecular complexity index is 955. The summed E-state index contributed by atoms with van der Waals surface area (Å²) in [5.74, 6) is 1.61. The first kappa shape index (κ1) is 15.7. The molecule has 0 fully saturated rings. The first-order valence-electron chi connectivity index (χ1n) is 8.13. The Morgan fingerprint density at radius 2 is 1.08 bits per heavy atom. The molecule has 0 N–H and O–H groups in total. The van der Waals surface area contributed by atoms with Crippen LogP contribution < -0.4 is 14.4 Å². The van der Waals surface area contributed by atoms with Crippen LogP contribution in [-0.2, 0) is 0 Å². The fourth-order valence-electron chi connectivity index (χ4n) is 2.57. The Balaban J connectivity index is 1.65. The summed E-state index contributed by atoms with van der Waals surface area (Å²) in [6.07, 6.45) is 0. The predicted molar refractivity (Wildman–Crippen MR) is 105 cm³/mol. The molecule has 4 aromatic rings. The van der Waals surface area contributed by atoms with Gasteiger partial charge in [0.25, 0.3) is 0 Å². The highest BCUT2D eigenvalue weighted by Crippen LogP contribution is 2.40. The summed E-state index contributed by atoms with van der Waals surface area (Å²) in [5.41, 5.74) is 0. The van der Waals surface area contributed by atoms with Crippen molar-refractivity contribution in [2.24, 2.45) is 0 Å². The molecule has 122 valence electrons. The summed E-state index contributed by atoms with van der Waals surface area (Å²) in [5, 5.41) is 3.39. The number of benzene rings is 4. The molecule has 25 heavy (non-hydrogen) atoms. The molecule has 0 heterocycles. The molecule has 0 aliphatic heterocycles. The average molecular weight is 344 g/mol. The molecular formula is C22H17O2P. The molecular weight excluding hydrogens is 327 g/mol. The van der Waals surface area contributed by atoms with Gasteiger partial charge in [-0.05, 0) is 47.2 Å². The lowest BCUT2D eigenvalue weighted by molar-refractivity contribution is 0.502. The summed E-state index contributed by atoms with van der Waals surface area (Å²) in [6.45, 7) is 0. The van der Waals surface area contributed by atoms with Crippen molar-refractivity contribution in [3.63, 3.8) is 0 Å². The number of hydrogen-bond donors (Lipinski definition) is 0. The van der Waals surface area contributed by atoms with Crippen LogP contribution in [0.15, 0.2) is 103 Å². The molecule has 4 rings (SSSR count). The monoisotopic (exact) mass is 344 g/mol. The van der Waals surface area contributed by atoms with Crippen molar-refractivity contribution in [3.8, 4) is 11.5 Å². The first-order valence-corrected chi connectivity index (χ1v) is 9.31. The van der Waals surface area contributed by atoms with E-state index in [0.717, 1.165) is 22.2 Å². The Kier molecular flexibility index (Phi) is 4.63. The second-order valence-electron chi connectivity index (χ2n) is 5.60. The normalized spacial score (nSPS) is 11.8. The number of rotatable bonds is 5. The fourth-order valence-corrected chi connectivity index (χ4v) is 3.85. The molecule has 0 aromatic heterocycles. The zero-order valence-corrected chi connectivity index (χ0v) is 14.5. The largest absolute Gasteiger partial charge is 0.435 e. The van der Waals surface area contributed by atoms with Crippen LogP contribution in [0, 0.1) is 0 Å². The first-order chi connectivity index (χ1) is 12.4. The van der Waals surface area contributed by atoms with E-state index in [1.807, 2.05) is 78.9 Å². The molecule has 4 aromatic carbocycles. The average Bonchev–Trinajstić information content (AvgIpc) is 2.69. The second kappa shape index (κ2) is 7.38. The molecule has 0 saturated carbocycles. The van der Waals surface area contributed by atoms with E-state index in [-0.39, 0.29) is 0 Å². The third kappa shape index (κ3) is 3.81. The van der Waals surface area contributed by atoms with E-state index in [0.29, 0.717) is 0 Å². The molecule has 1 atom stereocenters. The SMILES string of the molecule is c1ccc(OP(Oc2ccc3ccccc3c2)c2ccccc2)cc1. The lowest BCUT2D eigenvalue weighted by atomic mass is 10.1.